The molecule has 1 amide bonds. The Kier molecular flexibility index (Phi) is 4.32. The molecule has 0 aliphatic rings. The van der Waals surface area contributed by atoms with E-state index in [1.165, 1.54) is 25.3 Å². The molecule has 122 valence electrons. The second-order valence-corrected chi connectivity index (χ2v) is 6.17. The number of ether oxygens (including phenoxy) is 1. The van der Waals surface area contributed by atoms with Gasteiger partial charge in [0.05, 0.1) is 27.3 Å². The summed E-state index contributed by atoms with van der Waals surface area (Å²) >= 11 is 7.16. The summed E-state index contributed by atoms with van der Waals surface area (Å²) in [6.45, 7) is 0. The number of nitro benzene ring substituents is 1. The van der Waals surface area contributed by atoms with E-state index in [1.54, 1.807) is 18.2 Å². The molecule has 0 aliphatic carbocycles. The highest BCUT2D eigenvalue weighted by molar-refractivity contribution is 7.22. The van der Waals surface area contributed by atoms with Crippen molar-refractivity contribution in [1.29, 1.82) is 0 Å². The lowest BCUT2D eigenvalue weighted by atomic mass is 10.2. The number of methoxy groups -OCH3 is 1. The Balaban J connectivity index is 1.85. The first-order chi connectivity index (χ1) is 11.5. The van der Waals surface area contributed by atoms with Gasteiger partial charge in [-0.05, 0) is 24.3 Å². The van der Waals surface area contributed by atoms with Crippen LogP contribution in [0.3, 0.4) is 0 Å². The molecule has 1 N–H and O–H groups in total. The quantitative estimate of drug-likeness (QED) is 0.555. The topological polar surface area (TPSA) is 94.4 Å². The maximum absolute atomic E-state index is 12.3. The van der Waals surface area contributed by atoms with Crippen molar-refractivity contribution < 1.29 is 14.5 Å². The van der Waals surface area contributed by atoms with Crippen molar-refractivity contribution in [1.82, 2.24) is 4.98 Å². The number of nitrogens with one attached hydrogen (secondary N) is 1. The van der Waals surface area contributed by atoms with E-state index in [0.717, 1.165) is 11.3 Å². The molecule has 0 bridgehead atoms. The highest BCUT2D eigenvalue weighted by Crippen LogP contribution is 2.30. The van der Waals surface area contributed by atoms with Crippen molar-refractivity contribution in [2.75, 3.05) is 12.4 Å². The van der Waals surface area contributed by atoms with E-state index in [1.807, 2.05) is 0 Å². The van der Waals surface area contributed by atoms with Gasteiger partial charge in [0, 0.05) is 17.7 Å². The SMILES string of the molecule is COc1ccc(C(=O)Nc2nc3ccc([N+](=O)[O-])cc3s2)cc1Cl. The summed E-state index contributed by atoms with van der Waals surface area (Å²) < 4.78 is 5.66. The number of aromatic nitrogens is 1. The van der Waals surface area contributed by atoms with E-state index in [2.05, 4.69) is 10.3 Å². The molecular formula is C15H10ClN3O4S. The fourth-order valence-corrected chi connectivity index (χ4v) is 3.21. The van der Waals surface area contributed by atoms with Gasteiger partial charge < -0.3 is 4.74 Å². The molecule has 1 heterocycles. The minimum Gasteiger partial charge on any atom is -0.495 e. The van der Waals surface area contributed by atoms with E-state index in [9.17, 15) is 14.9 Å². The maximum atomic E-state index is 12.3. The normalized spacial score (nSPS) is 10.6. The van der Waals surface area contributed by atoms with Gasteiger partial charge in [0.2, 0.25) is 0 Å². The van der Waals surface area contributed by atoms with Crippen LogP contribution in [0, 0.1) is 10.1 Å². The largest absolute Gasteiger partial charge is 0.495 e. The van der Waals surface area contributed by atoms with E-state index in [4.69, 9.17) is 16.3 Å². The first-order valence-electron chi connectivity index (χ1n) is 6.68. The molecule has 0 spiro atoms. The Bertz CT molecular complexity index is 957. The average Bonchev–Trinajstić information content (AvgIpc) is 2.95. The van der Waals surface area contributed by atoms with Gasteiger partial charge in [-0.15, -0.1) is 0 Å². The van der Waals surface area contributed by atoms with Crippen molar-refractivity contribution in [2.45, 2.75) is 0 Å². The van der Waals surface area contributed by atoms with Gasteiger partial charge in [0.15, 0.2) is 5.13 Å². The van der Waals surface area contributed by atoms with E-state index in [-0.39, 0.29) is 11.6 Å². The predicted molar refractivity (Wildman–Crippen MR) is 92.2 cm³/mol. The third-order valence-electron chi connectivity index (χ3n) is 3.22. The third-order valence-corrected chi connectivity index (χ3v) is 4.45. The number of carbonyl (C=O) groups is 1. The van der Waals surface area contributed by atoms with Crippen LogP contribution >= 0.6 is 22.9 Å². The lowest BCUT2D eigenvalue weighted by Gasteiger charge is -2.05. The molecule has 3 aromatic rings. The summed E-state index contributed by atoms with van der Waals surface area (Å²) in [4.78, 5) is 26.8. The summed E-state index contributed by atoms with van der Waals surface area (Å²) in [5.41, 5.74) is 0.908. The number of nitrogens with zero attached hydrogens (tertiary/aromatic N) is 2. The number of anilines is 1. The van der Waals surface area contributed by atoms with Gasteiger partial charge in [-0.3, -0.25) is 20.2 Å². The Hall–Kier alpha value is -2.71. The van der Waals surface area contributed by atoms with Crippen molar-refractivity contribution >= 4 is 49.9 Å². The standard InChI is InChI=1S/C15H10ClN3O4S/c1-23-12-5-2-8(6-10(12)16)14(20)18-15-17-11-4-3-9(19(21)22)7-13(11)24-15/h2-7H,1H3,(H,17,18,20). The summed E-state index contributed by atoms with van der Waals surface area (Å²) in [5.74, 6) is 0.0913. The molecule has 0 unspecified atom stereocenters. The van der Waals surface area contributed by atoms with Gasteiger partial charge in [-0.25, -0.2) is 4.98 Å². The Morgan fingerprint density at radius 2 is 2.12 bits per heavy atom. The number of thiazole rings is 1. The highest BCUT2D eigenvalue weighted by atomic mass is 35.5. The number of fused-ring (bicyclic) bond motifs is 1. The molecule has 0 fully saturated rings. The Morgan fingerprint density at radius 1 is 1.33 bits per heavy atom. The molecule has 0 saturated carbocycles. The van der Waals surface area contributed by atoms with Crippen LogP contribution in [-0.2, 0) is 0 Å². The third kappa shape index (κ3) is 3.15. The molecule has 0 radical (unpaired) electrons. The summed E-state index contributed by atoms with van der Waals surface area (Å²) in [6, 6.07) is 9.01. The van der Waals surface area contributed by atoms with E-state index >= 15 is 0 Å². The molecule has 7 nitrogen and oxygen atoms in total. The fraction of sp³-hybridized carbons (Fsp3) is 0.0667. The zero-order valence-corrected chi connectivity index (χ0v) is 13.9. The number of non-ortho nitro benzene ring substituents is 1. The lowest BCUT2D eigenvalue weighted by molar-refractivity contribution is -0.384. The van der Waals surface area contributed by atoms with Crippen molar-refractivity contribution in [3.63, 3.8) is 0 Å². The van der Waals surface area contributed by atoms with Crippen LogP contribution in [0.15, 0.2) is 36.4 Å². The van der Waals surface area contributed by atoms with Gasteiger partial charge in [0.1, 0.15) is 5.75 Å². The number of nitro groups is 1. The van der Waals surface area contributed by atoms with Crippen LogP contribution in [0.5, 0.6) is 5.75 Å². The number of rotatable bonds is 4. The number of hydrogen-bond donors (Lipinski definition) is 1. The van der Waals surface area contributed by atoms with Crippen LogP contribution in [-0.4, -0.2) is 22.9 Å². The van der Waals surface area contributed by atoms with Crippen molar-refractivity contribution in [3.05, 3.63) is 57.1 Å². The molecule has 3 rings (SSSR count). The predicted octanol–water partition coefficient (Wildman–Crippen LogP) is 4.12. The van der Waals surface area contributed by atoms with Gasteiger partial charge >= 0.3 is 0 Å². The van der Waals surface area contributed by atoms with Gasteiger partial charge in [-0.1, -0.05) is 22.9 Å². The van der Waals surface area contributed by atoms with Gasteiger partial charge in [-0.2, -0.15) is 0 Å². The highest BCUT2D eigenvalue weighted by Gasteiger charge is 2.14. The summed E-state index contributed by atoms with van der Waals surface area (Å²) in [7, 11) is 1.49. The molecular weight excluding hydrogens is 354 g/mol. The number of hydrogen-bond acceptors (Lipinski definition) is 6. The molecule has 2 aromatic carbocycles. The van der Waals surface area contributed by atoms with E-state index < -0.39 is 4.92 Å². The zero-order valence-electron chi connectivity index (χ0n) is 12.3. The fourth-order valence-electron chi connectivity index (χ4n) is 2.06. The Labute approximate surface area is 145 Å². The van der Waals surface area contributed by atoms with Crippen molar-refractivity contribution in [3.8, 4) is 5.75 Å². The van der Waals surface area contributed by atoms with Crippen LogP contribution in [0.1, 0.15) is 10.4 Å². The summed E-state index contributed by atoms with van der Waals surface area (Å²) in [5, 5.41) is 14.1. The van der Waals surface area contributed by atoms with Crippen molar-refractivity contribution in [2.24, 2.45) is 0 Å². The maximum Gasteiger partial charge on any atom is 0.270 e. The summed E-state index contributed by atoms with van der Waals surface area (Å²) in [6.07, 6.45) is 0. The zero-order chi connectivity index (χ0) is 17.3. The number of halogens is 1. The van der Waals surface area contributed by atoms with Crippen LogP contribution in [0.2, 0.25) is 5.02 Å². The minimum atomic E-state index is -0.475. The smallest absolute Gasteiger partial charge is 0.270 e. The molecule has 1 aromatic heterocycles. The first-order valence-corrected chi connectivity index (χ1v) is 7.87. The van der Waals surface area contributed by atoms with Crippen LogP contribution in [0.25, 0.3) is 10.2 Å². The second-order valence-electron chi connectivity index (χ2n) is 4.73. The van der Waals surface area contributed by atoms with Gasteiger partial charge in [0.25, 0.3) is 11.6 Å². The molecule has 9 heteroatoms. The molecule has 24 heavy (non-hydrogen) atoms. The molecule has 0 atom stereocenters. The second kappa shape index (κ2) is 6.42. The van der Waals surface area contributed by atoms with E-state index in [0.29, 0.717) is 31.7 Å². The lowest BCUT2D eigenvalue weighted by Crippen LogP contribution is -2.11. The van der Waals surface area contributed by atoms with Crippen LogP contribution < -0.4 is 10.1 Å². The molecule has 0 aliphatic heterocycles. The monoisotopic (exact) mass is 363 g/mol. The average molecular weight is 364 g/mol. The Morgan fingerprint density at radius 3 is 2.79 bits per heavy atom. The minimum absolute atomic E-state index is 0.0223. The number of amides is 1. The molecule has 0 saturated heterocycles. The number of carbonyl (C=O) groups excluding carboxylic acids is 1. The first kappa shape index (κ1) is 16.2. The number of benzene rings is 2. The van der Waals surface area contributed by atoms with Crippen LogP contribution in [0.4, 0.5) is 10.8 Å².